The molecule has 2 aliphatic carbocycles. The van der Waals surface area contributed by atoms with E-state index in [1.165, 1.54) is 34.4 Å². The Bertz CT molecular complexity index is 2040. The molecule has 4 N–H and O–H groups in total. The minimum atomic E-state index is -1.31. The second-order valence-electron chi connectivity index (χ2n) is 12.0. The molecular weight excluding hydrogens is 570 g/mol. The number of aliphatic hydroxyl groups is 1. The zero-order chi connectivity index (χ0) is 31.0. The summed E-state index contributed by atoms with van der Waals surface area (Å²) in [5, 5.41) is 18.6. The van der Waals surface area contributed by atoms with Crippen LogP contribution in [0.4, 0.5) is 11.4 Å². The zero-order valence-corrected chi connectivity index (χ0v) is 24.0. The van der Waals surface area contributed by atoms with Crippen molar-refractivity contribution in [1.29, 1.82) is 0 Å². The van der Waals surface area contributed by atoms with Crippen LogP contribution in [0.5, 0.6) is 0 Å². The molecule has 0 fully saturated rings. The van der Waals surface area contributed by atoms with Gasteiger partial charge < -0.3 is 20.5 Å². The normalized spacial score (nSPS) is 20.3. The molecule has 3 amide bonds. The lowest BCUT2D eigenvalue weighted by molar-refractivity contribution is -0.0548. The van der Waals surface area contributed by atoms with E-state index < -0.39 is 18.2 Å². The lowest BCUT2D eigenvalue weighted by Crippen LogP contribution is -2.22. The molecule has 45 heavy (non-hydrogen) atoms. The summed E-state index contributed by atoms with van der Waals surface area (Å²) in [5.74, 6) is -1.81. The quantitative estimate of drug-likeness (QED) is 0.183. The number of aliphatic hydroxyl groups excluding tert-OH is 1. The predicted octanol–water partition coefficient (Wildman–Crippen LogP) is 5.25. The minimum absolute atomic E-state index is 0.189. The molecule has 2 atom stereocenters. The van der Waals surface area contributed by atoms with Gasteiger partial charge >= 0.3 is 5.97 Å². The molecule has 8 rings (SSSR count). The first-order chi connectivity index (χ1) is 21.7. The van der Waals surface area contributed by atoms with Crippen molar-refractivity contribution < 1.29 is 29.0 Å². The van der Waals surface area contributed by atoms with Gasteiger partial charge in [-0.25, -0.2) is 4.79 Å². The highest BCUT2D eigenvalue weighted by molar-refractivity contribution is 6.21. The molecule has 4 aromatic carbocycles. The average molecular weight is 598 g/mol. The molecule has 0 aromatic heterocycles. The molecule has 2 aliphatic heterocycles. The molecule has 1 spiro atoms. The Hall–Kier alpha value is -5.54. The largest absolute Gasteiger partial charge is 0.428 e. The number of esters is 1. The molecule has 4 aromatic rings. The maximum absolute atomic E-state index is 13.2. The summed E-state index contributed by atoms with van der Waals surface area (Å²) in [7, 11) is 0. The second kappa shape index (κ2) is 9.73. The van der Waals surface area contributed by atoms with Crippen LogP contribution in [0.15, 0.2) is 79.4 Å². The summed E-state index contributed by atoms with van der Waals surface area (Å²) < 4.78 is 4.84. The van der Waals surface area contributed by atoms with E-state index in [0.717, 1.165) is 36.9 Å². The van der Waals surface area contributed by atoms with Crippen molar-refractivity contribution in [3.8, 4) is 0 Å². The number of cyclic esters (lactones) is 1. The number of hydrogen-bond acceptors (Lipinski definition) is 7. The fourth-order valence-corrected chi connectivity index (χ4v) is 7.26. The highest BCUT2D eigenvalue weighted by Gasteiger charge is 2.45. The number of ether oxygens (including phenoxy) is 1. The average Bonchev–Trinajstić information content (AvgIpc) is 3.76. The van der Waals surface area contributed by atoms with Crippen molar-refractivity contribution in [2.75, 3.05) is 10.6 Å². The van der Waals surface area contributed by atoms with Gasteiger partial charge in [0.05, 0.1) is 16.7 Å². The smallest absolute Gasteiger partial charge is 0.341 e. The Labute approximate surface area is 257 Å². The number of benzene rings is 4. The summed E-state index contributed by atoms with van der Waals surface area (Å²) >= 11 is 0. The van der Waals surface area contributed by atoms with Gasteiger partial charge in [0.2, 0.25) is 6.29 Å². The van der Waals surface area contributed by atoms with Crippen LogP contribution in [0, 0.1) is 0 Å². The van der Waals surface area contributed by atoms with Crippen molar-refractivity contribution in [1.82, 2.24) is 5.32 Å². The van der Waals surface area contributed by atoms with Crippen LogP contribution < -0.4 is 16.0 Å². The first kappa shape index (κ1) is 27.0. The molecule has 9 nitrogen and oxygen atoms in total. The number of aryl methyl sites for hydroxylation is 2. The van der Waals surface area contributed by atoms with Gasteiger partial charge in [-0.1, -0.05) is 30.8 Å². The van der Waals surface area contributed by atoms with E-state index in [-0.39, 0.29) is 22.8 Å². The molecule has 222 valence electrons. The van der Waals surface area contributed by atoms with E-state index >= 15 is 0 Å². The molecule has 2 unspecified atom stereocenters. The topological polar surface area (TPSA) is 134 Å². The lowest BCUT2D eigenvalue weighted by atomic mass is 9.76. The Morgan fingerprint density at radius 2 is 1.40 bits per heavy atom. The summed E-state index contributed by atoms with van der Waals surface area (Å²) in [4.78, 5) is 49.4. The lowest BCUT2D eigenvalue weighted by Gasteiger charge is -2.28. The monoisotopic (exact) mass is 597 g/mol. The number of anilines is 2. The Kier molecular flexibility index (Phi) is 5.85. The fraction of sp³-hybridized carbons (Fsp3) is 0.167. The third-order valence-electron chi connectivity index (χ3n) is 9.55. The second-order valence-corrected chi connectivity index (χ2v) is 12.0. The molecule has 0 saturated carbocycles. The summed E-state index contributed by atoms with van der Waals surface area (Å²) in [6, 6.07) is 22.1. The van der Waals surface area contributed by atoms with E-state index in [0.29, 0.717) is 33.6 Å². The summed E-state index contributed by atoms with van der Waals surface area (Å²) in [6.45, 7) is 4.19. The Morgan fingerprint density at radius 3 is 2.11 bits per heavy atom. The van der Waals surface area contributed by atoms with Gasteiger partial charge in [-0.05, 0) is 102 Å². The van der Waals surface area contributed by atoms with Gasteiger partial charge in [-0.3, -0.25) is 19.7 Å². The van der Waals surface area contributed by atoms with Crippen molar-refractivity contribution in [3.05, 3.63) is 135 Å². The third kappa shape index (κ3) is 4.19. The molecule has 2 heterocycles. The minimum Gasteiger partial charge on any atom is -0.428 e. The van der Waals surface area contributed by atoms with Crippen LogP contribution in [0.1, 0.15) is 93.9 Å². The molecule has 0 radical (unpaired) electrons. The highest BCUT2D eigenvalue weighted by Crippen LogP contribution is 2.53. The van der Waals surface area contributed by atoms with Crippen molar-refractivity contribution >= 4 is 40.8 Å². The molecule has 0 saturated heterocycles. The van der Waals surface area contributed by atoms with Crippen LogP contribution in [0.2, 0.25) is 0 Å². The van der Waals surface area contributed by atoms with Gasteiger partial charge in [0.1, 0.15) is 0 Å². The number of carbonyl (C=O) groups excluding carboxylic acids is 4. The number of amides is 3. The van der Waals surface area contributed by atoms with E-state index in [4.69, 9.17) is 4.74 Å². The highest BCUT2D eigenvalue weighted by atomic mass is 16.6. The van der Waals surface area contributed by atoms with Crippen LogP contribution in [0.3, 0.4) is 0 Å². The fourth-order valence-electron chi connectivity index (χ4n) is 7.26. The molecular formula is C36H27N3O6. The van der Waals surface area contributed by atoms with Gasteiger partial charge in [0, 0.05) is 33.6 Å². The van der Waals surface area contributed by atoms with Crippen molar-refractivity contribution in [2.24, 2.45) is 0 Å². The predicted molar refractivity (Wildman–Crippen MR) is 166 cm³/mol. The zero-order valence-electron chi connectivity index (χ0n) is 24.0. The van der Waals surface area contributed by atoms with Crippen LogP contribution in [0.25, 0.3) is 5.70 Å². The van der Waals surface area contributed by atoms with Crippen molar-refractivity contribution in [3.63, 3.8) is 0 Å². The van der Waals surface area contributed by atoms with Crippen LogP contribution in [-0.4, -0.2) is 28.8 Å². The van der Waals surface area contributed by atoms with Gasteiger partial charge in [0.25, 0.3) is 17.7 Å². The van der Waals surface area contributed by atoms with Gasteiger partial charge in [0.15, 0.2) is 0 Å². The van der Waals surface area contributed by atoms with E-state index in [2.05, 4.69) is 46.8 Å². The number of fused-ring (bicyclic) bond motifs is 6. The van der Waals surface area contributed by atoms with Crippen LogP contribution in [-0.2, 0) is 23.0 Å². The third-order valence-corrected chi connectivity index (χ3v) is 9.55. The van der Waals surface area contributed by atoms with E-state index in [1.807, 2.05) is 12.1 Å². The molecule has 0 bridgehead atoms. The van der Waals surface area contributed by atoms with E-state index in [9.17, 15) is 24.3 Å². The number of imide groups is 1. The standard InChI is InChI=1S/C36H27N3O6/c1-18(21-4-8-25-27(14-21)33(42)39-32(25)41)37-23-6-2-19-10-12-36(29(19)16-23)13-11-20-3-7-24(17-30(20)36)38-31(40)22-5-9-26-28(15-22)35(44)45-34(26)43/h2-9,14-17,34,37,43H,1,10-13H2,(H,38,40)(H,39,41,42). The maximum Gasteiger partial charge on any atom is 0.341 e. The van der Waals surface area contributed by atoms with Gasteiger partial charge in [-0.15, -0.1) is 0 Å². The summed E-state index contributed by atoms with van der Waals surface area (Å²) in [5.41, 5.74) is 9.22. The number of carbonyl (C=O) groups is 4. The molecule has 9 heteroatoms. The van der Waals surface area contributed by atoms with Crippen LogP contribution >= 0.6 is 0 Å². The maximum atomic E-state index is 13.2. The van der Waals surface area contributed by atoms with Crippen molar-refractivity contribution in [2.45, 2.75) is 37.4 Å². The number of hydrogen-bond donors (Lipinski definition) is 4. The number of nitrogens with one attached hydrogen (secondary N) is 3. The molecule has 4 aliphatic rings. The SMILES string of the molecule is C=C(Nc1ccc2c(c1)C1(CC2)CCc2ccc(NC(=O)c3ccc4c(c3)C(=O)OC4O)cc21)c1ccc2c(c1)C(=O)NC2=O. The van der Waals surface area contributed by atoms with E-state index in [1.54, 1.807) is 24.3 Å². The number of rotatable bonds is 5. The Balaban J connectivity index is 1.06. The Morgan fingerprint density at radius 1 is 0.778 bits per heavy atom. The summed E-state index contributed by atoms with van der Waals surface area (Å²) in [6.07, 6.45) is 2.48. The van der Waals surface area contributed by atoms with Gasteiger partial charge in [-0.2, -0.15) is 0 Å². The first-order valence-corrected chi connectivity index (χ1v) is 14.8. The first-order valence-electron chi connectivity index (χ1n) is 14.8.